The first-order valence-electron chi connectivity index (χ1n) is 36.6. The molecule has 530 valence electrons. The van der Waals surface area contributed by atoms with Crippen LogP contribution in [-0.4, -0.2) is 96.7 Å². The molecule has 0 aromatic carbocycles. The van der Waals surface area contributed by atoms with Gasteiger partial charge in [0.1, 0.15) is 19.3 Å². The molecular weight excluding hydrogens is 1190 g/mol. The van der Waals surface area contributed by atoms with E-state index < -0.39 is 97.5 Å². The van der Waals surface area contributed by atoms with Gasteiger partial charge in [0.2, 0.25) is 0 Å². The largest absolute Gasteiger partial charge is 0.472 e. The molecule has 0 saturated heterocycles. The number of phosphoric ester groups is 2. The van der Waals surface area contributed by atoms with Crippen LogP contribution in [0.25, 0.3) is 0 Å². The Morgan fingerprint density at radius 3 is 0.811 bits per heavy atom. The fraction of sp³-hybridized carbons (Fsp3) is 0.887. The summed E-state index contributed by atoms with van der Waals surface area (Å²) in [6.07, 6.45) is 56.6. The first-order chi connectivity index (χ1) is 43.7. The minimum absolute atomic E-state index is 0.0858. The van der Waals surface area contributed by atoms with Crippen molar-refractivity contribution < 1.29 is 80.2 Å². The lowest BCUT2D eigenvalue weighted by atomic mass is 10.0. The molecule has 17 nitrogen and oxygen atoms in total. The van der Waals surface area contributed by atoms with E-state index in [9.17, 15) is 43.2 Å². The number of rotatable bonds is 70. The lowest BCUT2D eigenvalue weighted by Gasteiger charge is -2.21. The summed E-state index contributed by atoms with van der Waals surface area (Å²) in [5.41, 5.74) is 0. The van der Waals surface area contributed by atoms with E-state index in [4.69, 9.17) is 37.0 Å². The molecule has 0 radical (unpaired) electrons. The van der Waals surface area contributed by atoms with Gasteiger partial charge in [0.05, 0.1) is 26.4 Å². The van der Waals surface area contributed by atoms with Gasteiger partial charge in [-0.25, -0.2) is 9.13 Å². The van der Waals surface area contributed by atoms with Crippen molar-refractivity contribution in [2.75, 3.05) is 39.6 Å². The maximum absolute atomic E-state index is 13.0. The standard InChI is InChI=1S/C71H134O17P2/c1-5-9-13-17-20-23-26-29-32-35-38-41-44-48-52-56-69(74)82-62-67(88-71(76)58-54-50-46-43-40-37-34-31-28-25-22-19-15-11-7-3)64-86-90(79,80)84-60-65(72)59-83-89(77,78)85-63-66(61-81-68(73)55-51-47-16-12-8-4)87-70(75)57-53-49-45-42-39-36-33-30-27-24-21-18-14-10-6-2/h25,28,31,34,65-67,72H,5-24,26-27,29-30,32-33,35-64H2,1-4H3,(H,77,78)(H,79,80)/b28-25-,34-31-/t65-,66+,67+/m0/s1. The lowest BCUT2D eigenvalue weighted by Crippen LogP contribution is -2.30. The minimum atomic E-state index is -4.96. The number of carbonyl (C=O) groups excluding carboxylic acids is 4. The third-order valence-corrected chi connectivity index (χ3v) is 17.9. The van der Waals surface area contributed by atoms with Crippen molar-refractivity contribution in [2.24, 2.45) is 0 Å². The van der Waals surface area contributed by atoms with E-state index in [1.165, 1.54) is 161 Å². The summed E-state index contributed by atoms with van der Waals surface area (Å²) in [6, 6.07) is 0. The summed E-state index contributed by atoms with van der Waals surface area (Å²) < 4.78 is 68.1. The molecule has 0 rings (SSSR count). The molecule has 0 heterocycles. The number of ether oxygens (including phenoxy) is 4. The summed E-state index contributed by atoms with van der Waals surface area (Å²) in [7, 11) is -9.90. The van der Waals surface area contributed by atoms with Crippen LogP contribution in [-0.2, 0) is 65.4 Å². The van der Waals surface area contributed by atoms with Crippen molar-refractivity contribution in [3.8, 4) is 0 Å². The van der Waals surface area contributed by atoms with E-state index in [1.807, 2.05) is 0 Å². The molecule has 0 aliphatic carbocycles. The molecule has 0 aliphatic rings. The van der Waals surface area contributed by atoms with Gasteiger partial charge in [-0.3, -0.25) is 37.3 Å². The summed E-state index contributed by atoms with van der Waals surface area (Å²) in [6.45, 7) is 4.81. The number of hydrogen-bond donors (Lipinski definition) is 3. The Morgan fingerprint density at radius 1 is 0.311 bits per heavy atom. The Morgan fingerprint density at radius 2 is 0.533 bits per heavy atom. The average Bonchev–Trinajstić information content (AvgIpc) is 3.74. The topological polar surface area (TPSA) is 237 Å². The van der Waals surface area contributed by atoms with Crippen LogP contribution in [0.5, 0.6) is 0 Å². The number of allylic oxidation sites excluding steroid dienone is 4. The zero-order valence-electron chi connectivity index (χ0n) is 57.6. The van der Waals surface area contributed by atoms with Crippen molar-refractivity contribution in [3.63, 3.8) is 0 Å². The maximum atomic E-state index is 13.0. The van der Waals surface area contributed by atoms with E-state index >= 15 is 0 Å². The average molecular weight is 1320 g/mol. The van der Waals surface area contributed by atoms with Crippen LogP contribution in [0.4, 0.5) is 0 Å². The number of phosphoric acid groups is 2. The van der Waals surface area contributed by atoms with E-state index in [0.717, 1.165) is 109 Å². The summed E-state index contributed by atoms with van der Waals surface area (Å²) in [5, 5.41) is 10.6. The van der Waals surface area contributed by atoms with Gasteiger partial charge in [-0.2, -0.15) is 0 Å². The van der Waals surface area contributed by atoms with Crippen molar-refractivity contribution in [3.05, 3.63) is 24.3 Å². The van der Waals surface area contributed by atoms with Crippen LogP contribution in [0.2, 0.25) is 0 Å². The molecule has 0 aromatic heterocycles. The first kappa shape index (κ1) is 87.5. The molecule has 0 spiro atoms. The molecule has 5 atom stereocenters. The first-order valence-corrected chi connectivity index (χ1v) is 39.6. The van der Waals surface area contributed by atoms with Crippen LogP contribution < -0.4 is 0 Å². The normalized spacial score (nSPS) is 14.2. The molecule has 0 aromatic rings. The number of hydrogen-bond acceptors (Lipinski definition) is 15. The highest BCUT2D eigenvalue weighted by Gasteiger charge is 2.30. The molecule has 90 heavy (non-hydrogen) atoms. The fourth-order valence-corrected chi connectivity index (χ4v) is 11.9. The minimum Gasteiger partial charge on any atom is -0.462 e. The van der Waals surface area contributed by atoms with Crippen LogP contribution >= 0.6 is 15.6 Å². The van der Waals surface area contributed by atoms with E-state index in [0.29, 0.717) is 25.7 Å². The van der Waals surface area contributed by atoms with Crippen molar-refractivity contribution in [1.82, 2.24) is 0 Å². The Balaban J connectivity index is 5.18. The van der Waals surface area contributed by atoms with Crippen LogP contribution in [0.1, 0.15) is 349 Å². The zero-order valence-corrected chi connectivity index (χ0v) is 59.4. The number of esters is 4. The van der Waals surface area contributed by atoms with Crippen LogP contribution in [0.3, 0.4) is 0 Å². The third kappa shape index (κ3) is 64.3. The van der Waals surface area contributed by atoms with Gasteiger partial charge in [0.15, 0.2) is 12.2 Å². The molecule has 0 bridgehead atoms. The fourth-order valence-electron chi connectivity index (χ4n) is 10.3. The Hall–Kier alpha value is -2.46. The summed E-state index contributed by atoms with van der Waals surface area (Å²) in [4.78, 5) is 72.3. The third-order valence-electron chi connectivity index (χ3n) is 16.0. The number of aliphatic hydroxyl groups excluding tert-OH is 1. The van der Waals surface area contributed by atoms with Crippen molar-refractivity contribution in [1.29, 1.82) is 0 Å². The molecule has 2 unspecified atom stereocenters. The highest BCUT2D eigenvalue weighted by atomic mass is 31.2. The molecule has 3 N–H and O–H groups in total. The second-order valence-electron chi connectivity index (χ2n) is 24.9. The summed E-state index contributed by atoms with van der Waals surface area (Å²) in [5.74, 6) is -2.16. The number of aliphatic hydroxyl groups is 1. The molecular formula is C71H134O17P2. The predicted octanol–water partition coefficient (Wildman–Crippen LogP) is 20.2. The number of unbranched alkanes of at least 4 members (excludes halogenated alkanes) is 41. The van der Waals surface area contributed by atoms with Gasteiger partial charge < -0.3 is 33.8 Å². The van der Waals surface area contributed by atoms with Gasteiger partial charge in [-0.1, -0.05) is 296 Å². The summed E-state index contributed by atoms with van der Waals surface area (Å²) >= 11 is 0. The molecule has 19 heteroatoms. The Kier molecular flexibility index (Phi) is 63.4. The second-order valence-corrected chi connectivity index (χ2v) is 27.8. The number of carbonyl (C=O) groups is 4. The van der Waals surface area contributed by atoms with Crippen molar-refractivity contribution in [2.45, 2.75) is 367 Å². The second kappa shape index (κ2) is 65.2. The van der Waals surface area contributed by atoms with E-state index in [1.54, 1.807) is 0 Å². The Labute approximate surface area is 548 Å². The molecule has 0 aliphatic heterocycles. The van der Waals surface area contributed by atoms with Crippen molar-refractivity contribution >= 4 is 39.5 Å². The molecule has 0 saturated carbocycles. The highest BCUT2D eigenvalue weighted by molar-refractivity contribution is 7.47. The van der Waals surface area contributed by atoms with Crippen LogP contribution in [0.15, 0.2) is 24.3 Å². The van der Waals surface area contributed by atoms with E-state index in [-0.39, 0.29) is 25.7 Å². The highest BCUT2D eigenvalue weighted by Crippen LogP contribution is 2.45. The van der Waals surface area contributed by atoms with Gasteiger partial charge in [-0.15, -0.1) is 0 Å². The quantitative estimate of drug-likeness (QED) is 0.0169. The maximum Gasteiger partial charge on any atom is 0.472 e. The monoisotopic (exact) mass is 1320 g/mol. The van der Waals surface area contributed by atoms with E-state index in [2.05, 4.69) is 52.0 Å². The predicted molar refractivity (Wildman–Crippen MR) is 363 cm³/mol. The SMILES string of the molecule is CCCCCC/C=C\C=C/CCCCCCCC(=O)O[C@H](COC(=O)CCCCCCCCCCCCCCCCC)COP(=O)(O)OC[C@@H](O)COP(=O)(O)OC[C@@H](COC(=O)CCCCCCC)OC(=O)CCCCCCCCCCCCCCCCC. The zero-order chi connectivity index (χ0) is 66.1. The van der Waals surface area contributed by atoms with Gasteiger partial charge in [-0.05, 0) is 51.4 Å². The smallest absolute Gasteiger partial charge is 0.462 e. The lowest BCUT2D eigenvalue weighted by molar-refractivity contribution is -0.161. The van der Waals surface area contributed by atoms with Gasteiger partial charge >= 0.3 is 39.5 Å². The van der Waals surface area contributed by atoms with Gasteiger partial charge in [0, 0.05) is 25.7 Å². The van der Waals surface area contributed by atoms with Crippen LogP contribution in [0, 0.1) is 0 Å². The molecule has 0 fully saturated rings. The molecule has 0 amide bonds. The Bertz CT molecular complexity index is 1820. The van der Waals surface area contributed by atoms with Gasteiger partial charge in [0.25, 0.3) is 0 Å².